The minimum Gasteiger partial charge on any atom is -0.384 e. The number of aromatic nitrogens is 1. The van der Waals surface area contributed by atoms with Crippen molar-refractivity contribution < 1.29 is 4.74 Å². The molecule has 0 bridgehead atoms. The first-order valence-electron chi connectivity index (χ1n) is 6.71. The van der Waals surface area contributed by atoms with Gasteiger partial charge in [-0.1, -0.05) is 13.8 Å². The molecule has 1 aromatic rings. The third-order valence-corrected chi connectivity index (χ3v) is 3.33. The molecule has 0 aliphatic rings. The van der Waals surface area contributed by atoms with Crippen LogP contribution in [-0.4, -0.2) is 31.4 Å². The first-order chi connectivity index (χ1) is 9.08. The zero-order valence-corrected chi connectivity index (χ0v) is 12.1. The van der Waals surface area contributed by atoms with Crippen molar-refractivity contribution in [2.75, 3.05) is 32.1 Å². The van der Waals surface area contributed by atoms with Crippen molar-refractivity contribution in [2.24, 2.45) is 17.6 Å². The van der Waals surface area contributed by atoms with Gasteiger partial charge in [0.2, 0.25) is 0 Å². The first-order valence-corrected chi connectivity index (χ1v) is 6.71. The lowest BCUT2D eigenvalue weighted by Gasteiger charge is -2.20. The summed E-state index contributed by atoms with van der Waals surface area (Å²) in [6.07, 6.45) is 1.83. The normalized spacial score (nSPS) is 12.7. The number of rotatable bonds is 8. The first kappa shape index (κ1) is 15.7. The van der Waals surface area contributed by atoms with Crippen molar-refractivity contribution in [3.8, 4) is 0 Å². The van der Waals surface area contributed by atoms with Gasteiger partial charge in [0, 0.05) is 32.5 Å². The third-order valence-electron chi connectivity index (χ3n) is 3.33. The van der Waals surface area contributed by atoms with Crippen molar-refractivity contribution in [3.63, 3.8) is 0 Å². The SMILES string of the molecule is COCCn1cc(NCC(CN)C(C)C)ccc1=O. The Labute approximate surface area is 114 Å². The van der Waals surface area contributed by atoms with Crippen molar-refractivity contribution in [1.29, 1.82) is 0 Å². The predicted octanol–water partition coefficient (Wildman–Crippen LogP) is 1.14. The molecule has 0 radical (unpaired) electrons. The highest BCUT2D eigenvalue weighted by Gasteiger charge is 2.11. The molecule has 0 aromatic carbocycles. The lowest BCUT2D eigenvalue weighted by Crippen LogP contribution is -2.28. The number of anilines is 1. The number of hydrogen-bond acceptors (Lipinski definition) is 4. The molecule has 0 saturated carbocycles. The fourth-order valence-electron chi connectivity index (χ4n) is 1.84. The summed E-state index contributed by atoms with van der Waals surface area (Å²) < 4.78 is 6.64. The molecule has 1 atom stereocenters. The van der Waals surface area contributed by atoms with E-state index >= 15 is 0 Å². The number of pyridine rings is 1. The average molecular weight is 267 g/mol. The molecule has 1 rings (SSSR count). The lowest BCUT2D eigenvalue weighted by molar-refractivity contribution is 0.186. The zero-order chi connectivity index (χ0) is 14.3. The summed E-state index contributed by atoms with van der Waals surface area (Å²) in [7, 11) is 1.63. The molecule has 0 amide bonds. The second kappa shape index (κ2) is 7.96. The second-order valence-corrected chi connectivity index (χ2v) is 5.06. The molecule has 1 unspecified atom stereocenters. The van der Waals surface area contributed by atoms with Crippen molar-refractivity contribution in [2.45, 2.75) is 20.4 Å². The smallest absolute Gasteiger partial charge is 0.250 e. The maximum absolute atomic E-state index is 11.6. The van der Waals surface area contributed by atoms with E-state index in [1.807, 2.05) is 6.20 Å². The van der Waals surface area contributed by atoms with E-state index in [2.05, 4.69) is 19.2 Å². The largest absolute Gasteiger partial charge is 0.384 e. The summed E-state index contributed by atoms with van der Waals surface area (Å²) in [6.45, 7) is 6.90. The van der Waals surface area contributed by atoms with E-state index in [9.17, 15) is 4.79 Å². The number of nitrogens with one attached hydrogen (secondary N) is 1. The van der Waals surface area contributed by atoms with Crippen molar-refractivity contribution in [1.82, 2.24) is 4.57 Å². The Bertz CT molecular complexity index is 429. The monoisotopic (exact) mass is 267 g/mol. The minimum atomic E-state index is -0.0122. The van der Waals surface area contributed by atoms with Crippen LogP contribution in [0.25, 0.3) is 0 Å². The van der Waals surface area contributed by atoms with Gasteiger partial charge in [-0.3, -0.25) is 4.79 Å². The van der Waals surface area contributed by atoms with E-state index in [0.29, 0.717) is 31.5 Å². The van der Waals surface area contributed by atoms with Crippen LogP contribution in [0.1, 0.15) is 13.8 Å². The van der Waals surface area contributed by atoms with E-state index < -0.39 is 0 Å². The van der Waals surface area contributed by atoms with Gasteiger partial charge in [0.1, 0.15) is 0 Å². The van der Waals surface area contributed by atoms with Gasteiger partial charge < -0.3 is 20.4 Å². The van der Waals surface area contributed by atoms with E-state index in [4.69, 9.17) is 10.5 Å². The Kier molecular flexibility index (Phi) is 6.59. The molecule has 0 saturated heterocycles. The molecule has 5 heteroatoms. The quantitative estimate of drug-likeness (QED) is 0.741. The second-order valence-electron chi connectivity index (χ2n) is 5.06. The van der Waals surface area contributed by atoms with Gasteiger partial charge in [-0.05, 0) is 24.4 Å². The highest BCUT2D eigenvalue weighted by molar-refractivity contribution is 5.40. The molecule has 0 aliphatic carbocycles. The fraction of sp³-hybridized carbons (Fsp3) is 0.643. The summed E-state index contributed by atoms with van der Waals surface area (Å²) in [5.74, 6) is 0.969. The molecule has 0 fully saturated rings. The molecule has 0 aliphatic heterocycles. The summed E-state index contributed by atoms with van der Waals surface area (Å²) in [5.41, 5.74) is 6.67. The van der Waals surface area contributed by atoms with Gasteiger partial charge in [-0.25, -0.2) is 0 Å². The van der Waals surface area contributed by atoms with Crippen LogP contribution in [0.4, 0.5) is 5.69 Å². The maximum atomic E-state index is 11.6. The number of hydrogen-bond donors (Lipinski definition) is 2. The van der Waals surface area contributed by atoms with Crippen LogP contribution in [0.5, 0.6) is 0 Å². The standard InChI is InChI=1S/C14H25N3O2/c1-11(2)12(8-15)9-16-13-4-5-14(18)17(10-13)6-7-19-3/h4-5,10-12,16H,6-9,15H2,1-3H3. The van der Waals surface area contributed by atoms with Crippen molar-refractivity contribution in [3.05, 3.63) is 28.7 Å². The molecule has 19 heavy (non-hydrogen) atoms. The molecule has 3 N–H and O–H groups in total. The molecule has 1 heterocycles. The van der Waals surface area contributed by atoms with Crippen LogP contribution in [-0.2, 0) is 11.3 Å². The average Bonchev–Trinajstić information content (AvgIpc) is 2.39. The van der Waals surface area contributed by atoms with Gasteiger partial charge in [-0.15, -0.1) is 0 Å². The number of ether oxygens (including phenoxy) is 1. The Morgan fingerprint density at radius 3 is 2.74 bits per heavy atom. The van der Waals surface area contributed by atoms with E-state index in [-0.39, 0.29) is 5.56 Å². The van der Waals surface area contributed by atoms with E-state index in [1.54, 1.807) is 23.8 Å². The Morgan fingerprint density at radius 2 is 2.16 bits per heavy atom. The van der Waals surface area contributed by atoms with Gasteiger partial charge >= 0.3 is 0 Å². The van der Waals surface area contributed by atoms with Crippen LogP contribution in [0.3, 0.4) is 0 Å². The third kappa shape index (κ3) is 5.04. The van der Waals surface area contributed by atoms with Crippen LogP contribution in [0.2, 0.25) is 0 Å². The van der Waals surface area contributed by atoms with Crippen LogP contribution < -0.4 is 16.6 Å². The Hall–Kier alpha value is -1.33. The van der Waals surface area contributed by atoms with Crippen molar-refractivity contribution >= 4 is 5.69 Å². The highest BCUT2D eigenvalue weighted by Crippen LogP contribution is 2.11. The maximum Gasteiger partial charge on any atom is 0.250 e. The van der Waals surface area contributed by atoms with Crippen LogP contribution in [0, 0.1) is 11.8 Å². The van der Waals surface area contributed by atoms with Gasteiger partial charge in [0.05, 0.1) is 12.3 Å². The number of methoxy groups -OCH3 is 1. The summed E-state index contributed by atoms with van der Waals surface area (Å²) in [6, 6.07) is 3.38. The summed E-state index contributed by atoms with van der Waals surface area (Å²) in [4.78, 5) is 11.6. The highest BCUT2D eigenvalue weighted by atomic mass is 16.5. The molecule has 5 nitrogen and oxygen atoms in total. The molecule has 1 aromatic heterocycles. The molecule has 108 valence electrons. The number of nitrogens with two attached hydrogens (primary N) is 1. The molecule has 0 spiro atoms. The Balaban J connectivity index is 2.66. The zero-order valence-electron chi connectivity index (χ0n) is 12.1. The van der Waals surface area contributed by atoms with Gasteiger partial charge in [-0.2, -0.15) is 0 Å². The fourth-order valence-corrected chi connectivity index (χ4v) is 1.84. The summed E-state index contributed by atoms with van der Waals surface area (Å²) in [5, 5.41) is 3.34. The lowest BCUT2D eigenvalue weighted by atomic mass is 9.96. The topological polar surface area (TPSA) is 69.3 Å². The van der Waals surface area contributed by atoms with Gasteiger partial charge in [0.15, 0.2) is 0 Å². The summed E-state index contributed by atoms with van der Waals surface area (Å²) >= 11 is 0. The van der Waals surface area contributed by atoms with Crippen LogP contribution in [0.15, 0.2) is 23.1 Å². The van der Waals surface area contributed by atoms with E-state index in [0.717, 1.165) is 12.2 Å². The Morgan fingerprint density at radius 1 is 1.42 bits per heavy atom. The van der Waals surface area contributed by atoms with Gasteiger partial charge in [0.25, 0.3) is 5.56 Å². The molecular weight excluding hydrogens is 242 g/mol. The minimum absolute atomic E-state index is 0.0122. The van der Waals surface area contributed by atoms with E-state index in [1.165, 1.54) is 0 Å². The predicted molar refractivity (Wildman–Crippen MR) is 78.5 cm³/mol. The number of nitrogens with zero attached hydrogens (tertiary/aromatic N) is 1. The molecular formula is C14H25N3O2. The van der Waals surface area contributed by atoms with Crippen LogP contribution >= 0.6 is 0 Å².